The van der Waals surface area contributed by atoms with Gasteiger partial charge in [0.15, 0.2) is 0 Å². The monoisotopic (exact) mass is 194 g/mol. The summed E-state index contributed by atoms with van der Waals surface area (Å²) >= 11 is 0. The molecule has 0 aliphatic carbocycles. The van der Waals surface area contributed by atoms with Gasteiger partial charge in [0.25, 0.3) is 0 Å². The van der Waals surface area contributed by atoms with Crippen molar-refractivity contribution in [1.82, 2.24) is 0 Å². The predicted molar refractivity (Wildman–Crippen MR) is 64.4 cm³/mol. The first kappa shape index (κ1) is 12.5. The summed E-state index contributed by atoms with van der Waals surface area (Å²) in [5.41, 5.74) is 3.35. The van der Waals surface area contributed by atoms with Crippen LogP contribution in [0.4, 0.5) is 0 Å². The Bertz CT molecular complexity index is 197. The number of hydrogen-bond donors (Lipinski definition) is 0. The highest BCUT2D eigenvalue weighted by atomic mass is 28.3. The standard InChI is InChI=1S/C12H22Si/c1-5-6-7-8-9-10-11-12-13(2,3)4/h8-9H,5-7,10H2,1-4H3/b9-8+. The van der Waals surface area contributed by atoms with Crippen molar-refractivity contribution in [1.29, 1.82) is 0 Å². The molecule has 0 aromatic rings. The fraction of sp³-hybridized carbons (Fsp3) is 0.667. The van der Waals surface area contributed by atoms with Crippen molar-refractivity contribution >= 4 is 8.07 Å². The van der Waals surface area contributed by atoms with Gasteiger partial charge in [-0.3, -0.25) is 0 Å². The molecule has 0 aliphatic rings. The minimum Gasteiger partial charge on any atom is -0.132 e. The van der Waals surface area contributed by atoms with E-state index in [1.807, 2.05) is 0 Å². The van der Waals surface area contributed by atoms with Gasteiger partial charge in [-0.2, -0.15) is 0 Å². The molecule has 0 unspecified atom stereocenters. The van der Waals surface area contributed by atoms with Crippen LogP contribution in [0.5, 0.6) is 0 Å². The molecule has 0 aromatic carbocycles. The fourth-order valence-corrected chi connectivity index (χ4v) is 1.53. The summed E-state index contributed by atoms with van der Waals surface area (Å²) in [6.45, 7) is 9.06. The Kier molecular flexibility index (Phi) is 6.71. The lowest BCUT2D eigenvalue weighted by Crippen LogP contribution is -2.16. The normalized spacial score (nSPS) is 11.4. The molecule has 74 valence electrons. The molecule has 0 rings (SSSR count). The van der Waals surface area contributed by atoms with E-state index < -0.39 is 8.07 Å². The zero-order valence-corrected chi connectivity index (χ0v) is 10.5. The van der Waals surface area contributed by atoms with Gasteiger partial charge in [-0.15, -0.1) is 11.5 Å². The topological polar surface area (TPSA) is 0 Å². The predicted octanol–water partition coefficient (Wildman–Crippen LogP) is 4.00. The maximum Gasteiger partial charge on any atom is 0.129 e. The largest absolute Gasteiger partial charge is 0.132 e. The second-order valence-corrected chi connectivity index (χ2v) is 9.12. The summed E-state index contributed by atoms with van der Waals surface area (Å²) in [6.07, 6.45) is 9.19. The third-order valence-electron chi connectivity index (χ3n) is 1.57. The van der Waals surface area contributed by atoms with Crippen molar-refractivity contribution in [2.45, 2.75) is 52.2 Å². The molecule has 1 heteroatoms. The van der Waals surface area contributed by atoms with Gasteiger partial charge in [-0.25, -0.2) is 0 Å². The van der Waals surface area contributed by atoms with Gasteiger partial charge in [0, 0.05) is 6.42 Å². The SMILES string of the molecule is CCCC/C=C/CC#C[Si](C)(C)C. The van der Waals surface area contributed by atoms with Crippen molar-refractivity contribution in [3.05, 3.63) is 12.2 Å². The smallest absolute Gasteiger partial charge is 0.129 e. The van der Waals surface area contributed by atoms with Gasteiger partial charge >= 0.3 is 0 Å². The number of allylic oxidation sites excluding steroid dienone is 2. The molecule has 0 radical (unpaired) electrons. The Labute approximate surface area is 84.4 Å². The van der Waals surface area contributed by atoms with Crippen LogP contribution >= 0.6 is 0 Å². The van der Waals surface area contributed by atoms with Gasteiger partial charge in [-0.05, 0) is 6.42 Å². The molecule has 0 fully saturated rings. The molecule has 0 saturated heterocycles. The van der Waals surface area contributed by atoms with E-state index >= 15 is 0 Å². The first-order valence-electron chi connectivity index (χ1n) is 5.21. The van der Waals surface area contributed by atoms with Crippen molar-refractivity contribution in [3.8, 4) is 11.5 Å². The van der Waals surface area contributed by atoms with Crippen LogP contribution in [0.1, 0.15) is 32.6 Å². The highest BCUT2D eigenvalue weighted by molar-refractivity contribution is 6.83. The molecule has 0 nitrogen and oxygen atoms in total. The average Bonchev–Trinajstić information content (AvgIpc) is 2.01. The quantitative estimate of drug-likeness (QED) is 0.275. The van der Waals surface area contributed by atoms with Crippen molar-refractivity contribution in [2.75, 3.05) is 0 Å². The van der Waals surface area contributed by atoms with E-state index in [9.17, 15) is 0 Å². The molecule has 0 amide bonds. The number of rotatable bonds is 4. The van der Waals surface area contributed by atoms with E-state index in [4.69, 9.17) is 0 Å². The zero-order valence-electron chi connectivity index (χ0n) is 9.48. The lowest BCUT2D eigenvalue weighted by molar-refractivity contribution is 0.813. The minimum atomic E-state index is -1.13. The van der Waals surface area contributed by atoms with Crippen LogP contribution in [0, 0.1) is 11.5 Å². The molecule has 0 bridgehead atoms. The van der Waals surface area contributed by atoms with Crippen LogP contribution in [0.25, 0.3) is 0 Å². The molecular formula is C12H22Si. The Morgan fingerprint density at radius 1 is 1.15 bits per heavy atom. The van der Waals surface area contributed by atoms with Crippen LogP contribution in [-0.2, 0) is 0 Å². The maximum absolute atomic E-state index is 3.35. The molecule has 0 aromatic heterocycles. The van der Waals surface area contributed by atoms with Crippen LogP contribution < -0.4 is 0 Å². The van der Waals surface area contributed by atoms with E-state index in [1.165, 1.54) is 19.3 Å². The molecular weight excluding hydrogens is 172 g/mol. The highest BCUT2D eigenvalue weighted by Gasteiger charge is 2.06. The zero-order chi connectivity index (χ0) is 10.2. The first-order chi connectivity index (χ1) is 6.06. The number of hydrogen-bond acceptors (Lipinski definition) is 0. The van der Waals surface area contributed by atoms with E-state index in [0.717, 1.165) is 6.42 Å². The third-order valence-corrected chi connectivity index (χ3v) is 2.50. The lowest BCUT2D eigenvalue weighted by atomic mass is 10.2. The molecule has 0 N–H and O–H groups in total. The molecule has 0 atom stereocenters. The Morgan fingerprint density at radius 3 is 2.38 bits per heavy atom. The molecule has 0 saturated carbocycles. The fourth-order valence-electron chi connectivity index (χ4n) is 0.898. The van der Waals surface area contributed by atoms with Crippen molar-refractivity contribution in [3.63, 3.8) is 0 Å². The Morgan fingerprint density at radius 2 is 1.85 bits per heavy atom. The Balaban J connectivity index is 3.53. The molecule has 0 aliphatic heterocycles. The second kappa shape index (κ2) is 6.97. The van der Waals surface area contributed by atoms with Gasteiger partial charge in [0.1, 0.15) is 8.07 Å². The van der Waals surface area contributed by atoms with Gasteiger partial charge < -0.3 is 0 Å². The molecule has 0 heterocycles. The van der Waals surface area contributed by atoms with Crippen LogP contribution in [-0.4, -0.2) is 8.07 Å². The van der Waals surface area contributed by atoms with E-state index in [1.54, 1.807) is 0 Å². The van der Waals surface area contributed by atoms with E-state index in [-0.39, 0.29) is 0 Å². The number of unbranched alkanes of at least 4 members (excludes halogenated alkanes) is 2. The van der Waals surface area contributed by atoms with E-state index in [0.29, 0.717) is 0 Å². The van der Waals surface area contributed by atoms with Crippen LogP contribution in [0.3, 0.4) is 0 Å². The minimum absolute atomic E-state index is 0.938. The summed E-state index contributed by atoms with van der Waals surface area (Å²) in [5, 5.41) is 0. The van der Waals surface area contributed by atoms with E-state index in [2.05, 4.69) is 50.2 Å². The third kappa shape index (κ3) is 11.5. The van der Waals surface area contributed by atoms with Gasteiger partial charge in [-0.1, -0.05) is 51.6 Å². The summed E-state index contributed by atoms with van der Waals surface area (Å²) in [4.78, 5) is 0. The molecule has 0 spiro atoms. The Hall–Kier alpha value is -0.483. The summed E-state index contributed by atoms with van der Waals surface area (Å²) in [7, 11) is -1.13. The van der Waals surface area contributed by atoms with Crippen LogP contribution in [0.2, 0.25) is 19.6 Å². The first-order valence-corrected chi connectivity index (χ1v) is 8.71. The summed E-state index contributed by atoms with van der Waals surface area (Å²) in [6, 6.07) is 0. The summed E-state index contributed by atoms with van der Waals surface area (Å²) in [5.74, 6) is 3.23. The van der Waals surface area contributed by atoms with Crippen LogP contribution in [0.15, 0.2) is 12.2 Å². The highest BCUT2D eigenvalue weighted by Crippen LogP contribution is 1.98. The van der Waals surface area contributed by atoms with Crippen molar-refractivity contribution < 1.29 is 0 Å². The molecule has 13 heavy (non-hydrogen) atoms. The van der Waals surface area contributed by atoms with Gasteiger partial charge in [0.2, 0.25) is 0 Å². The van der Waals surface area contributed by atoms with Crippen molar-refractivity contribution in [2.24, 2.45) is 0 Å². The lowest BCUT2D eigenvalue weighted by Gasteiger charge is -2.02. The van der Waals surface area contributed by atoms with Gasteiger partial charge in [0.05, 0.1) is 0 Å². The second-order valence-electron chi connectivity index (χ2n) is 4.37. The average molecular weight is 194 g/mol. The summed E-state index contributed by atoms with van der Waals surface area (Å²) < 4.78 is 0. The maximum atomic E-state index is 3.35.